The third-order valence-electron chi connectivity index (χ3n) is 3.28. The molecule has 0 atom stereocenters. The Morgan fingerprint density at radius 1 is 0.611 bits per heavy atom. The van der Waals surface area contributed by atoms with Crippen molar-refractivity contribution in [2.24, 2.45) is 0 Å². The van der Waals surface area contributed by atoms with E-state index >= 15 is 0 Å². The lowest BCUT2D eigenvalue weighted by Crippen LogP contribution is -1.96. The van der Waals surface area contributed by atoms with Crippen molar-refractivity contribution in [3.05, 3.63) is 61.1 Å². The summed E-state index contributed by atoms with van der Waals surface area (Å²) in [6.07, 6.45) is 3.12. The zero-order valence-corrected chi connectivity index (χ0v) is 9.59. The first-order chi connectivity index (χ1) is 8.93. The van der Waals surface area contributed by atoms with Gasteiger partial charge in [-0.05, 0) is 34.4 Å². The Kier molecular flexibility index (Phi) is 1.86. The summed E-state index contributed by atoms with van der Waals surface area (Å²) in [7, 11) is 0. The SMILES string of the molecule is C1=COc2c(ccc3c2ccc2ccccc23)O1. The lowest BCUT2D eigenvalue weighted by atomic mass is 10.0. The average molecular weight is 234 g/mol. The summed E-state index contributed by atoms with van der Waals surface area (Å²) >= 11 is 0. The highest BCUT2D eigenvalue weighted by Gasteiger charge is 2.13. The van der Waals surface area contributed by atoms with Crippen LogP contribution in [-0.2, 0) is 0 Å². The third-order valence-corrected chi connectivity index (χ3v) is 3.28. The first kappa shape index (κ1) is 9.54. The van der Waals surface area contributed by atoms with Gasteiger partial charge in [0.1, 0.15) is 12.5 Å². The fourth-order valence-electron chi connectivity index (χ4n) is 2.45. The Hall–Kier alpha value is -2.48. The molecule has 1 heterocycles. The van der Waals surface area contributed by atoms with Crippen LogP contribution in [0.5, 0.6) is 11.5 Å². The van der Waals surface area contributed by atoms with E-state index in [4.69, 9.17) is 9.47 Å². The van der Waals surface area contributed by atoms with Gasteiger partial charge in [-0.25, -0.2) is 0 Å². The molecule has 1 aliphatic rings. The van der Waals surface area contributed by atoms with E-state index < -0.39 is 0 Å². The van der Waals surface area contributed by atoms with E-state index in [2.05, 4.69) is 42.5 Å². The Balaban J connectivity index is 2.17. The minimum atomic E-state index is 0.764. The van der Waals surface area contributed by atoms with Crippen LogP contribution in [0.25, 0.3) is 21.5 Å². The maximum absolute atomic E-state index is 5.58. The summed E-state index contributed by atoms with van der Waals surface area (Å²) in [4.78, 5) is 0. The molecule has 0 unspecified atom stereocenters. The summed E-state index contributed by atoms with van der Waals surface area (Å²) in [5.74, 6) is 1.56. The van der Waals surface area contributed by atoms with Gasteiger partial charge in [-0.2, -0.15) is 0 Å². The van der Waals surface area contributed by atoms with E-state index in [1.807, 2.05) is 6.07 Å². The Morgan fingerprint density at radius 2 is 1.44 bits per heavy atom. The fraction of sp³-hybridized carbons (Fsp3) is 0. The molecule has 2 nitrogen and oxygen atoms in total. The predicted octanol–water partition coefficient (Wildman–Crippen LogP) is 4.24. The van der Waals surface area contributed by atoms with Gasteiger partial charge < -0.3 is 9.47 Å². The zero-order chi connectivity index (χ0) is 11.9. The standard InChI is InChI=1S/C16H10O2/c1-2-4-12-11(3-1)5-6-14-13(12)7-8-15-16(14)18-10-9-17-15/h1-10H. The van der Waals surface area contributed by atoms with E-state index in [1.165, 1.54) is 16.2 Å². The highest BCUT2D eigenvalue weighted by molar-refractivity contribution is 6.10. The van der Waals surface area contributed by atoms with Crippen molar-refractivity contribution in [1.82, 2.24) is 0 Å². The van der Waals surface area contributed by atoms with Crippen molar-refractivity contribution in [3.8, 4) is 11.5 Å². The molecule has 4 rings (SSSR count). The van der Waals surface area contributed by atoms with Gasteiger partial charge in [-0.3, -0.25) is 0 Å². The molecular formula is C16H10O2. The van der Waals surface area contributed by atoms with Crippen LogP contribution in [0.15, 0.2) is 61.1 Å². The van der Waals surface area contributed by atoms with E-state index in [-0.39, 0.29) is 0 Å². The van der Waals surface area contributed by atoms with Crippen LogP contribution < -0.4 is 9.47 Å². The van der Waals surface area contributed by atoms with E-state index in [1.54, 1.807) is 12.5 Å². The number of rotatable bonds is 0. The molecule has 18 heavy (non-hydrogen) atoms. The minimum Gasteiger partial charge on any atom is -0.458 e. The van der Waals surface area contributed by atoms with Crippen molar-refractivity contribution < 1.29 is 9.47 Å². The quantitative estimate of drug-likeness (QED) is 0.542. The fourth-order valence-corrected chi connectivity index (χ4v) is 2.45. The molecule has 0 bridgehead atoms. The molecule has 86 valence electrons. The molecule has 3 aromatic carbocycles. The monoisotopic (exact) mass is 234 g/mol. The maximum Gasteiger partial charge on any atom is 0.176 e. The van der Waals surface area contributed by atoms with Gasteiger partial charge in [0.05, 0.1) is 0 Å². The van der Waals surface area contributed by atoms with Crippen LogP contribution >= 0.6 is 0 Å². The Bertz CT molecular complexity index is 788. The van der Waals surface area contributed by atoms with E-state index in [9.17, 15) is 0 Å². The molecule has 0 aromatic heterocycles. The van der Waals surface area contributed by atoms with Crippen LogP contribution in [-0.4, -0.2) is 0 Å². The number of ether oxygens (including phenoxy) is 2. The minimum absolute atomic E-state index is 0.764. The van der Waals surface area contributed by atoms with Crippen molar-refractivity contribution in [2.75, 3.05) is 0 Å². The third kappa shape index (κ3) is 1.23. The van der Waals surface area contributed by atoms with E-state index in [0.717, 1.165) is 16.9 Å². The zero-order valence-electron chi connectivity index (χ0n) is 9.59. The van der Waals surface area contributed by atoms with Crippen LogP contribution in [0.4, 0.5) is 0 Å². The summed E-state index contributed by atoms with van der Waals surface area (Å²) < 4.78 is 11.0. The second-order valence-corrected chi connectivity index (χ2v) is 4.28. The molecular weight excluding hydrogens is 224 g/mol. The molecule has 0 saturated heterocycles. The molecule has 3 aromatic rings. The highest BCUT2D eigenvalue weighted by Crippen LogP contribution is 2.40. The number of hydrogen-bond acceptors (Lipinski definition) is 2. The smallest absolute Gasteiger partial charge is 0.176 e. The molecule has 0 saturated carbocycles. The number of fused-ring (bicyclic) bond motifs is 5. The Morgan fingerprint density at radius 3 is 2.44 bits per heavy atom. The molecule has 2 heteroatoms. The normalized spacial score (nSPS) is 13.1. The number of benzene rings is 3. The van der Waals surface area contributed by atoms with Gasteiger partial charge in [-0.15, -0.1) is 0 Å². The highest BCUT2D eigenvalue weighted by atomic mass is 16.5. The van der Waals surface area contributed by atoms with Crippen LogP contribution in [0.1, 0.15) is 0 Å². The van der Waals surface area contributed by atoms with Crippen LogP contribution in [0.3, 0.4) is 0 Å². The van der Waals surface area contributed by atoms with Crippen LogP contribution in [0.2, 0.25) is 0 Å². The van der Waals surface area contributed by atoms with Crippen molar-refractivity contribution in [1.29, 1.82) is 0 Å². The van der Waals surface area contributed by atoms with E-state index in [0.29, 0.717) is 0 Å². The lowest BCUT2D eigenvalue weighted by Gasteiger charge is -2.15. The summed E-state index contributed by atoms with van der Waals surface area (Å²) in [6.45, 7) is 0. The molecule has 0 amide bonds. The largest absolute Gasteiger partial charge is 0.458 e. The van der Waals surface area contributed by atoms with Crippen molar-refractivity contribution in [3.63, 3.8) is 0 Å². The molecule has 0 aliphatic carbocycles. The first-order valence-corrected chi connectivity index (χ1v) is 5.86. The van der Waals surface area contributed by atoms with Crippen LogP contribution in [0, 0.1) is 0 Å². The van der Waals surface area contributed by atoms with Gasteiger partial charge >= 0.3 is 0 Å². The first-order valence-electron chi connectivity index (χ1n) is 5.86. The molecule has 1 aliphatic heterocycles. The second-order valence-electron chi connectivity index (χ2n) is 4.28. The molecule has 0 fully saturated rings. The van der Waals surface area contributed by atoms with Gasteiger partial charge in [0, 0.05) is 5.39 Å². The maximum atomic E-state index is 5.58. The summed E-state index contributed by atoms with van der Waals surface area (Å²) in [5.41, 5.74) is 0. The van der Waals surface area contributed by atoms with Crippen molar-refractivity contribution in [2.45, 2.75) is 0 Å². The van der Waals surface area contributed by atoms with Gasteiger partial charge in [0.15, 0.2) is 11.5 Å². The average Bonchev–Trinajstić information content (AvgIpc) is 2.46. The molecule has 0 N–H and O–H groups in total. The second kappa shape index (κ2) is 3.50. The lowest BCUT2D eigenvalue weighted by molar-refractivity contribution is 0.365. The Labute approximate surface area is 104 Å². The topological polar surface area (TPSA) is 18.5 Å². The summed E-state index contributed by atoms with van der Waals surface area (Å²) in [5, 5.41) is 4.73. The molecule has 0 spiro atoms. The predicted molar refractivity (Wildman–Crippen MR) is 71.9 cm³/mol. The van der Waals surface area contributed by atoms with Gasteiger partial charge in [0.2, 0.25) is 0 Å². The number of hydrogen-bond donors (Lipinski definition) is 0. The molecule has 0 radical (unpaired) electrons. The van der Waals surface area contributed by atoms with Crippen molar-refractivity contribution >= 4 is 21.5 Å². The van der Waals surface area contributed by atoms with Gasteiger partial charge in [0.25, 0.3) is 0 Å². The summed E-state index contributed by atoms with van der Waals surface area (Å²) in [6, 6.07) is 16.6. The van der Waals surface area contributed by atoms with Gasteiger partial charge in [-0.1, -0.05) is 30.3 Å².